The van der Waals surface area contributed by atoms with Crippen molar-refractivity contribution in [3.63, 3.8) is 0 Å². The molecule has 13 heavy (non-hydrogen) atoms. The summed E-state index contributed by atoms with van der Waals surface area (Å²) in [7, 11) is 0. The fraction of sp³-hybridized carbons (Fsp3) is 0.300. The lowest BCUT2D eigenvalue weighted by atomic mass is 10.3. The summed E-state index contributed by atoms with van der Waals surface area (Å²) in [5.41, 5.74) is 4.19. The van der Waals surface area contributed by atoms with Gasteiger partial charge in [-0.15, -0.1) is 0 Å². The minimum absolute atomic E-state index is 0.719. The highest BCUT2D eigenvalue weighted by Gasteiger charge is 2.07. The molecule has 2 aromatic rings. The zero-order chi connectivity index (χ0) is 9.59. The highest BCUT2D eigenvalue weighted by atomic mass is 35.5. The van der Waals surface area contributed by atoms with Crippen LogP contribution in [-0.4, -0.2) is 9.38 Å². The third kappa shape index (κ3) is 1.22. The second-order valence-electron chi connectivity index (χ2n) is 3.34. The maximum absolute atomic E-state index is 6.06. The molecule has 0 saturated carbocycles. The Morgan fingerprint density at radius 3 is 2.69 bits per heavy atom. The second kappa shape index (κ2) is 2.74. The summed E-state index contributed by atoms with van der Waals surface area (Å²) in [5.74, 6) is 0. The van der Waals surface area contributed by atoms with Gasteiger partial charge >= 0.3 is 0 Å². The first-order valence-corrected chi connectivity index (χ1v) is 4.59. The molecular formula is C10H11ClN2. The largest absolute Gasteiger partial charge is 0.303 e. The smallest absolute Gasteiger partial charge is 0.156 e. The summed E-state index contributed by atoms with van der Waals surface area (Å²) in [4.78, 5) is 4.38. The van der Waals surface area contributed by atoms with Crippen LogP contribution in [0.4, 0.5) is 0 Å². The number of fused-ring (bicyclic) bond motifs is 1. The fourth-order valence-electron chi connectivity index (χ4n) is 1.46. The van der Waals surface area contributed by atoms with Gasteiger partial charge in [0, 0.05) is 11.9 Å². The maximum atomic E-state index is 6.06. The van der Waals surface area contributed by atoms with E-state index in [0.29, 0.717) is 0 Å². The Bertz CT molecular complexity index is 471. The number of aromatic nitrogens is 2. The predicted molar refractivity (Wildman–Crippen MR) is 54.4 cm³/mol. The van der Waals surface area contributed by atoms with Gasteiger partial charge in [-0.25, -0.2) is 4.98 Å². The standard InChI is InChI=1S/C10H11ClN2/c1-6-4-9(11)10-12-7(2)8(3)13(10)5-6/h4-5H,1-3H3. The van der Waals surface area contributed by atoms with Crippen LogP contribution in [0.1, 0.15) is 17.0 Å². The Kier molecular flexibility index (Phi) is 1.81. The van der Waals surface area contributed by atoms with Crippen LogP contribution in [0.25, 0.3) is 5.65 Å². The molecule has 0 aliphatic heterocycles. The van der Waals surface area contributed by atoms with E-state index in [1.54, 1.807) is 0 Å². The molecule has 2 heterocycles. The first-order chi connectivity index (χ1) is 6.09. The summed E-state index contributed by atoms with van der Waals surface area (Å²) in [6.45, 7) is 6.07. The van der Waals surface area contributed by atoms with E-state index in [9.17, 15) is 0 Å². The Hall–Kier alpha value is -1.02. The van der Waals surface area contributed by atoms with Gasteiger partial charge in [0.1, 0.15) is 0 Å². The zero-order valence-electron chi connectivity index (χ0n) is 7.93. The van der Waals surface area contributed by atoms with E-state index in [4.69, 9.17) is 11.6 Å². The maximum Gasteiger partial charge on any atom is 0.156 e. The summed E-state index contributed by atoms with van der Waals surface area (Å²) in [6, 6.07) is 1.93. The van der Waals surface area contributed by atoms with Crippen LogP contribution in [-0.2, 0) is 0 Å². The van der Waals surface area contributed by atoms with E-state index in [2.05, 4.69) is 11.2 Å². The average Bonchev–Trinajstić information content (AvgIpc) is 2.32. The van der Waals surface area contributed by atoms with Crippen LogP contribution < -0.4 is 0 Å². The zero-order valence-corrected chi connectivity index (χ0v) is 8.68. The van der Waals surface area contributed by atoms with Gasteiger partial charge in [-0.05, 0) is 32.4 Å². The fourth-order valence-corrected chi connectivity index (χ4v) is 1.76. The number of pyridine rings is 1. The van der Waals surface area contributed by atoms with Crippen LogP contribution in [0.2, 0.25) is 5.02 Å². The topological polar surface area (TPSA) is 17.3 Å². The summed E-state index contributed by atoms with van der Waals surface area (Å²) in [5, 5.41) is 0.719. The van der Waals surface area contributed by atoms with E-state index in [0.717, 1.165) is 27.6 Å². The summed E-state index contributed by atoms with van der Waals surface area (Å²) in [6.07, 6.45) is 2.05. The van der Waals surface area contributed by atoms with E-state index in [1.807, 2.05) is 31.2 Å². The van der Waals surface area contributed by atoms with Crippen LogP contribution >= 0.6 is 11.6 Å². The molecule has 0 spiro atoms. The van der Waals surface area contributed by atoms with Crippen molar-refractivity contribution in [2.75, 3.05) is 0 Å². The van der Waals surface area contributed by atoms with Crippen LogP contribution in [0.3, 0.4) is 0 Å². The molecule has 0 N–H and O–H groups in total. The Balaban J connectivity index is 2.94. The molecule has 0 aliphatic carbocycles. The number of hydrogen-bond acceptors (Lipinski definition) is 1. The number of halogens is 1. The third-order valence-corrected chi connectivity index (χ3v) is 2.57. The van der Waals surface area contributed by atoms with Crippen LogP contribution in [0.5, 0.6) is 0 Å². The van der Waals surface area contributed by atoms with Gasteiger partial charge in [-0.2, -0.15) is 0 Å². The molecule has 0 bridgehead atoms. The van der Waals surface area contributed by atoms with E-state index < -0.39 is 0 Å². The monoisotopic (exact) mass is 194 g/mol. The van der Waals surface area contributed by atoms with Crippen molar-refractivity contribution in [3.05, 3.63) is 34.2 Å². The first-order valence-electron chi connectivity index (χ1n) is 4.21. The molecule has 2 aromatic heterocycles. The van der Waals surface area contributed by atoms with E-state index >= 15 is 0 Å². The number of hydrogen-bond donors (Lipinski definition) is 0. The number of imidazole rings is 1. The van der Waals surface area contributed by atoms with E-state index in [-0.39, 0.29) is 0 Å². The molecule has 0 amide bonds. The van der Waals surface area contributed by atoms with Crippen molar-refractivity contribution in [1.29, 1.82) is 0 Å². The van der Waals surface area contributed by atoms with Gasteiger partial charge in [0.05, 0.1) is 10.7 Å². The average molecular weight is 195 g/mol. The quantitative estimate of drug-likeness (QED) is 0.631. The van der Waals surface area contributed by atoms with Crippen LogP contribution in [0.15, 0.2) is 12.3 Å². The van der Waals surface area contributed by atoms with Crippen molar-refractivity contribution < 1.29 is 0 Å². The lowest BCUT2D eigenvalue weighted by Crippen LogP contribution is -1.89. The first kappa shape index (κ1) is 8.57. The number of nitrogens with zero attached hydrogens (tertiary/aromatic N) is 2. The van der Waals surface area contributed by atoms with Crippen molar-refractivity contribution in [2.24, 2.45) is 0 Å². The van der Waals surface area contributed by atoms with Crippen molar-refractivity contribution in [1.82, 2.24) is 9.38 Å². The molecular weight excluding hydrogens is 184 g/mol. The van der Waals surface area contributed by atoms with Crippen molar-refractivity contribution in [3.8, 4) is 0 Å². The Morgan fingerprint density at radius 1 is 1.31 bits per heavy atom. The van der Waals surface area contributed by atoms with Crippen LogP contribution in [0, 0.1) is 20.8 Å². The second-order valence-corrected chi connectivity index (χ2v) is 3.75. The Morgan fingerprint density at radius 2 is 2.00 bits per heavy atom. The normalized spacial score (nSPS) is 11.1. The molecule has 0 unspecified atom stereocenters. The molecule has 68 valence electrons. The van der Waals surface area contributed by atoms with Gasteiger partial charge in [0.15, 0.2) is 5.65 Å². The molecule has 0 aromatic carbocycles. The molecule has 0 aliphatic rings. The predicted octanol–water partition coefficient (Wildman–Crippen LogP) is 2.91. The molecule has 0 fully saturated rings. The highest BCUT2D eigenvalue weighted by Crippen LogP contribution is 2.20. The molecule has 0 atom stereocenters. The SMILES string of the molecule is Cc1cc(Cl)c2nc(C)c(C)n2c1. The van der Waals surface area contributed by atoms with Gasteiger partial charge in [-0.3, -0.25) is 0 Å². The number of aryl methyl sites for hydroxylation is 3. The van der Waals surface area contributed by atoms with Gasteiger partial charge < -0.3 is 4.40 Å². The van der Waals surface area contributed by atoms with Gasteiger partial charge in [0.25, 0.3) is 0 Å². The van der Waals surface area contributed by atoms with Crippen molar-refractivity contribution >= 4 is 17.2 Å². The third-order valence-electron chi connectivity index (χ3n) is 2.29. The number of rotatable bonds is 0. The van der Waals surface area contributed by atoms with Gasteiger partial charge in [0.2, 0.25) is 0 Å². The van der Waals surface area contributed by atoms with Gasteiger partial charge in [-0.1, -0.05) is 11.6 Å². The summed E-state index contributed by atoms with van der Waals surface area (Å²) < 4.78 is 2.03. The highest BCUT2D eigenvalue weighted by molar-refractivity contribution is 6.33. The minimum Gasteiger partial charge on any atom is -0.303 e. The van der Waals surface area contributed by atoms with E-state index in [1.165, 1.54) is 0 Å². The molecule has 3 heteroatoms. The molecule has 2 nitrogen and oxygen atoms in total. The van der Waals surface area contributed by atoms with Crippen molar-refractivity contribution in [2.45, 2.75) is 20.8 Å². The molecule has 0 saturated heterocycles. The summed E-state index contributed by atoms with van der Waals surface area (Å²) >= 11 is 6.06. The molecule has 0 radical (unpaired) electrons. The molecule has 2 rings (SSSR count). The minimum atomic E-state index is 0.719. The Labute approximate surface area is 82.2 Å². The lowest BCUT2D eigenvalue weighted by Gasteiger charge is -2.00. The lowest BCUT2D eigenvalue weighted by molar-refractivity contribution is 1.08.